The third-order valence-corrected chi connectivity index (χ3v) is 3.19. The number of amides is 1. The molecule has 3 N–H and O–H groups in total. The largest absolute Gasteiger partial charge is 0.368 e. The summed E-state index contributed by atoms with van der Waals surface area (Å²) in [6.07, 6.45) is 2.20. The molecule has 1 aliphatic carbocycles. The van der Waals surface area contributed by atoms with E-state index in [1.54, 1.807) is 6.92 Å². The number of primary amides is 1. The van der Waals surface area contributed by atoms with Crippen LogP contribution in [-0.4, -0.2) is 21.9 Å². The molecule has 92 valence electrons. The lowest BCUT2D eigenvalue weighted by Crippen LogP contribution is -2.33. The standard InChI is InChI=1S/C11H15ClN4O/c1-5-8(12)15-11(7-3-4-7)16-10(5)14-6(2)9(13)17/h6-7H,3-4H2,1-2H3,(H2,13,17)(H,14,15,16). The van der Waals surface area contributed by atoms with Gasteiger partial charge in [-0.15, -0.1) is 0 Å². The minimum Gasteiger partial charge on any atom is -0.368 e. The molecule has 1 aromatic heterocycles. The van der Waals surface area contributed by atoms with E-state index in [2.05, 4.69) is 15.3 Å². The number of rotatable bonds is 4. The van der Waals surface area contributed by atoms with E-state index in [9.17, 15) is 4.79 Å². The number of hydrogen-bond acceptors (Lipinski definition) is 4. The number of nitrogens with one attached hydrogen (secondary N) is 1. The Balaban J connectivity index is 2.28. The monoisotopic (exact) mass is 254 g/mol. The van der Waals surface area contributed by atoms with Crippen molar-refractivity contribution in [2.75, 3.05) is 5.32 Å². The molecule has 0 aliphatic heterocycles. The average Bonchev–Trinajstić information content (AvgIpc) is 3.07. The summed E-state index contributed by atoms with van der Waals surface area (Å²) in [6.45, 7) is 3.50. The topological polar surface area (TPSA) is 80.9 Å². The number of carbonyl (C=O) groups excluding carboxylic acids is 1. The van der Waals surface area contributed by atoms with Crippen LogP contribution >= 0.6 is 11.6 Å². The van der Waals surface area contributed by atoms with Crippen LogP contribution in [0.1, 0.15) is 37.1 Å². The summed E-state index contributed by atoms with van der Waals surface area (Å²) < 4.78 is 0. The first-order chi connectivity index (χ1) is 7.99. The lowest BCUT2D eigenvalue weighted by atomic mass is 10.2. The van der Waals surface area contributed by atoms with E-state index in [1.807, 2.05) is 6.92 Å². The zero-order valence-electron chi connectivity index (χ0n) is 9.83. The number of halogens is 1. The molecule has 1 heterocycles. The maximum Gasteiger partial charge on any atom is 0.239 e. The van der Waals surface area contributed by atoms with Crippen molar-refractivity contribution in [3.63, 3.8) is 0 Å². The first-order valence-electron chi connectivity index (χ1n) is 5.59. The molecule has 5 nitrogen and oxygen atoms in total. The van der Waals surface area contributed by atoms with Gasteiger partial charge < -0.3 is 11.1 Å². The highest BCUT2D eigenvalue weighted by Crippen LogP contribution is 2.39. The summed E-state index contributed by atoms with van der Waals surface area (Å²) in [4.78, 5) is 19.7. The molecule has 1 aliphatic rings. The van der Waals surface area contributed by atoms with Gasteiger partial charge in [0, 0.05) is 11.5 Å². The molecule has 0 saturated heterocycles. The van der Waals surface area contributed by atoms with Gasteiger partial charge in [0.1, 0.15) is 22.8 Å². The molecule has 1 atom stereocenters. The van der Waals surface area contributed by atoms with Gasteiger partial charge in [0.25, 0.3) is 0 Å². The fraction of sp³-hybridized carbons (Fsp3) is 0.545. The fourth-order valence-electron chi connectivity index (χ4n) is 1.45. The number of aromatic nitrogens is 2. The van der Waals surface area contributed by atoms with Gasteiger partial charge in [-0.1, -0.05) is 11.6 Å². The van der Waals surface area contributed by atoms with Gasteiger partial charge in [0.2, 0.25) is 5.91 Å². The van der Waals surface area contributed by atoms with Gasteiger partial charge in [-0.3, -0.25) is 4.79 Å². The summed E-state index contributed by atoms with van der Waals surface area (Å²) in [5.41, 5.74) is 5.94. The SMILES string of the molecule is Cc1c(Cl)nc(C2CC2)nc1NC(C)C(N)=O. The van der Waals surface area contributed by atoms with Crippen LogP contribution in [0.4, 0.5) is 5.82 Å². The van der Waals surface area contributed by atoms with Crippen LogP contribution in [0.5, 0.6) is 0 Å². The van der Waals surface area contributed by atoms with E-state index in [0.29, 0.717) is 16.9 Å². The quantitative estimate of drug-likeness (QED) is 0.800. The Morgan fingerprint density at radius 3 is 2.71 bits per heavy atom. The van der Waals surface area contributed by atoms with Crippen molar-refractivity contribution in [1.82, 2.24) is 9.97 Å². The third-order valence-electron chi connectivity index (χ3n) is 2.83. The molecule has 1 aromatic rings. The van der Waals surface area contributed by atoms with E-state index < -0.39 is 11.9 Å². The lowest BCUT2D eigenvalue weighted by Gasteiger charge is -2.14. The van der Waals surface area contributed by atoms with E-state index in [-0.39, 0.29) is 0 Å². The second-order valence-electron chi connectivity index (χ2n) is 4.39. The molecule has 0 aromatic carbocycles. The number of carbonyl (C=O) groups is 1. The maximum atomic E-state index is 11.0. The zero-order valence-corrected chi connectivity index (χ0v) is 10.6. The number of hydrogen-bond donors (Lipinski definition) is 2. The normalized spacial score (nSPS) is 16.6. The molecular weight excluding hydrogens is 240 g/mol. The highest BCUT2D eigenvalue weighted by molar-refractivity contribution is 6.30. The van der Waals surface area contributed by atoms with E-state index in [0.717, 1.165) is 24.2 Å². The predicted octanol–water partition coefficient (Wildman–Crippen LogP) is 1.60. The Hall–Kier alpha value is -1.36. The Bertz CT molecular complexity index is 459. The molecule has 6 heteroatoms. The van der Waals surface area contributed by atoms with Crippen molar-refractivity contribution in [1.29, 1.82) is 0 Å². The summed E-state index contributed by atoms with van der Waals surface area (Å²) in [5, 5.41) is 3.39. The minimum absolute atomic E-state index is 0.414. The zero-order chi connectivity index (χ0) is 12.6. The van der Waals surface area contributed by atoms with E-state index >= 15 is 0 Å². The molecule has 1 fully saturated rings. The van der Waals surface area contributed by atoms with Crippen molar-refractivity contribution in [3.05, 3.63) is 16.5 Å². The Kier molecular flexibility index (Phi) is 3.19. The van der Waals surface area contributed by atoms with Crippen LogP contribution < -0.4 is 11.1 Å². The Labute approximate surface area is 105 Å². The van der Waals surface area contributed by atoms with Crippen molar-refractivity contribution in [3.8, 4) is 0 Å². The maximum absolute atomic E-state index is 11.0. The van der Waals surface area contributed by atoms with Crippen LogP contribution in [-0.2, 0) is 4.79 Å². The first kappa shape index (κ1) is 12.1. The van der Waals surface area contributed by atoms with Gasteiger partial charge in [-0.25, -0.2) is 9.97 Å². The van der Waals surface area contributed by atoms with Crippen molar-refractivity contribution in [2.45, 2.75) is 38.6 Å². The Morgan fingerprint density at radius 2 is 2.18 bits per heavy atom. The van der Waals surface area contributed by atoms with Crippen LogP contribution in [0.2, 0.25) is 5.15 Å². The summed E-state index contributed by atoms with van der Waals surface area (Å²) in [6, 6.07) is -0.480. The Morgan fingerprint density at radius 1 is 1.53 bits per heavy atom. The van der Waals surface area contributed by atoms with Gasteiger partial charge in [-0.05, 0) is 26.7 Å². The van der Waals surface area contributed by atoms with E-state index in [4.69, 9.17) is 17.3 Å². The second-order valence-corrected chi connectivity index (χ2v) is 4.75. The van der Waals surface area contributed by atoms with Gasteiger partial charge in [0.05, 0.1) is 0 Å². The average molecular weight is 255 g/mol. The summed E-state index contributed by atoms with van der Waals surface area (Å²) in [7, 11) is 0. The van der Waals surface area contributed by atoms with Crippen molar-refractivity contribution in [2.24, 2.45) is 5.73 Å². The number of nitrogens with zero attached hydrogens (tertiary/aromatic N) is 2. The highest BCUT2D eigenvalue weighted by atomic mass is 35.5. The van der Waals surface area contributed by atoms with Gasteiger partial charge >= 0.3 is 0 Å². The smallest absolute Gasteiger partial charge is 0.239 e. The lowest BCUT2D eigenvalue weighted by molar-refractivity contribution is -0.118. The predicted molar refractivity (Wildman–Crippen MR) is 66.0 cm³/mol. The molecule has 1 amide bonds. The molecule has 0 radical (unpaired) electrons. The molecule has 0 bridgehead atoms. The molecular formula is C11H15ClN4O. The number of anilines is 1. The molecule has 1 saturated carbocycles. The molecule has 2 rings (SSSR count). The van der Waals surface area contributed by atoms with Crippen molar-refractivity contribution < 1.29 is 4.79 Å². The minimum atomic E-state index is -0.480. The van der Waals surface area contributed by atoms with Crippen molar-refractivity contribution >= 4 is 23.3 Å². The van der Waals surface area contributed by atoms with Crippen LogP contribution in [0, 0.1) is 6.92 Å². The van der Waals surface area contributed by atoms with Crippen LogP contribution in [0.3, 0.4) is 0 Å². The second kappa shape index (κ2) is 4.49. The molecule has 1 unspecified atom stereocenters. The first-order valence-corrected chi connectivity index (χ1v) is 5.96. The third kappa shape index (κ3) is 2.66. The summed E-state index contributed by atoms with van der Waals surface area (Å²) in [5.74, 6) is 1.34. The van der Waals surface area contributed by atoms with Gasteiger partial charge in [-0.2, -0.15) is 0 Å². The van der Waals surface area contributed by atoms with Crippen LogP contribution in [0.15, 0.2) is 0 Å². The molecule has 17 heavy (non-hydrogen) atoms. The molecule has 0 spiro atoms. The van der Waals surface area contributed by atoms with Crippen LogP contribution in [0.25, 0.3) is 0 Å². The van der Waals surface area contributed by atoms with Gasteiger partial charge in [0.15, 0.2) is 0 Å². The van der Waals surface area contributed by atoms with E-state index in [1.165, 1.54) is 0 Å². The fourth-order valence-corrected chi connectivity index (χ4v) is 1.62. The summed E-state index contributed by atoms with van der Waals surface area (Å²) >= 11 is 6.05. The highest BCUT2D eigenvalue weighted by Gasteiger charge is 2.28. The number of nitrogens with two attached hydrogens (primary N) is 1.